The number of methoxy groups -OCH3 is 1. The van der Waals surface area contributed by atoms with Crippen molar-refractivity contribution in [3.63, 3.8) is 0 Å². The molecule has 27 heavy (non-hydrogen) atoms. The van der Waals surface area contributed by atoms with Gasteiger partial charge in [0, 0.05) is 44.0 Å². The van der Waals surface area contributed by atoms with E-state index in [9.17, 15) is 9.18 Å². The largest absolute Gasteiger partial charge is 0.481 e. The molecule has 4 heterocycles. The maximum absolute atomic E-state index is 13.5. The maximum atomic E-state index is 13.5. The molecule has 0 radical (unpaired) electrons. The van der Waals surface area contributed by atoms with Crippen molar-refractivity contribution < 1.29 is 9.13 Å². The van der Waals surface area contributed by atoms with E-state index < -0.39 is 5.82 Å². The van der Waals surface area contributed by atoms with Gasteiger partial charge >= 0.3 is 0 Å². The van der Waals surface area contributed by atoms with Crippen LogP contribution in [0.5, 0.6) is 5.88 Å². The van der Waals surface area contributed by atoms with Crippen LogP contribution in [0.25, 0.3) is 11.4 Å². The summed E-state index contributed by atoms with van der Waals surface area (Å²) in [7, 11) is 1.50. The van der Waals surface area contributed by atoms with Gasteiger partial charge in [0.2, 0.25) is 5.88 Å². The molecule has 0 bridgehead atoms. The number of aromatic amines is 1. The van der Waals surface area contributed by atoms with Gasteiger partial charge in [0.1, 0.15) is 18.0 Å². The zero-order valence-corrected chi connectivity index (χ0v) is 14.6. The first-order valence-electron chi connectivity index (χ1n) is 8.42. The zero-order valence-electron chi connectivity index (χ0n) is 14.6. The first-order valence-corrected chi connectivity index (χ1v) is 8.42. The molecule has 9 heteroatoms. The van der Waals surface area contributed by atoms with Crippen LogP contribution < -0.4 is 10.3 Å². The van der Waals surface area contributed by atoms with Crippen molar-refractivity contribution in [2.24, 2.45) is 0 Å². The minimum Gasteiger partial charge on any atom is -0.481 e. The van der Waals surface area contributed by atoms with Crippen molar-refractivity contribution in [3.8, 4) is 17.3 Å². The fourth-order valence-electron chi connectivity index (χ4n) is 3.18. The summed E-state index contributed by atoms with van der Waals surface area (Å²) in [6, 6.07) is 1.41. The van der Waals surface area contributed by atoms with Gasteiger partial charge in [0.25, 0.3) is 5.56 Å². The minimum atomic E-state index is -0.419. The third-order valence-corrected chi connectivity index (χ3v) is 4.46. The van der Waals surface area contributed by atoms with Gasteiger partial charge in [-0.05, 0) is 6.07 Å². The average Bonchev–Trinajstić information content (AvgIpc) is 2.69. The van der Waals surface area contributed by atoms with Crippen LogP contribution in [0.4, 0.5) is 4.39 Å². The van der Waals surface area contributed by atoms with E-state index in [2.05, 4.69) is 24.9 Å². The highest BCUT2D eigenvalue weighted by atomic mass is 19.1. The minimum absolute atomic E-state index is 0.187. The molecule has 0 aliphatic carbocycles. The summed E-state index contributed by atoms with van der Waals surface area (Å²) < 4.78 is 18.7. The van der Waals surface area contributed by atoms with Crippen LogP contribution in [0, 0.1) is 5.82 Å². The molecule has 0 fully saturated rings. The number of hydrogen-bond donors (Lipinski definition) is 1. The second kappa shape index (κ2) is 7.20. The van der Waals surface area contributed by atoms with E-state index in [1.165, 1.54) is 19.5 Å². The highest BCUT2D eigenvalue weighted by molar-refractivity contribution is 5.52. The van der Waals surface area contributed by atoms with Crippen LogP contribution >= 0.6 is 0 Å². The van der Waals surface area contributed by atoms with Crippen molar-refractivity contribution in [2.75, 3.05) is 13.7 Å². The van der Waals surface area contributed by atoms with Gasteiger partial charge in [-0.3, -0.25) is 9.69 Å². The molecule has 0 unspecified atom stereocenters. The summed E-state index contributed by atoms with van der Waals surface area (Å²) >= 11 is 0. The molecule has 0 amide bonds. The van der Waals surface area contributed by atoms with Gasteiger partial charge < -0.3 is 9.72 Å². The summed E-state index contributed by atoms with van der Waals surface area (Å²) in [5, 5.41) is 0. The van der Waals surface area contributed by atoms with E-state index >= 15 is 0 Å². The number of aromatic nitrogens is 5. The Morgan fingerprint density at radius 1 is 1.30 bits per heavy atom. The molecule has 0 atom stereocenters. The molecular formula is C18H17FN6O2. The highest BCUT2D eigenvalue weighted by Gasteiger charge is 2.23. The molecule has 0 spiro atoms. The average molecular weight is 368 g/mol. The molecule has 4 rings (SSSR count). The van der Waals surface area contributed by atoms with Crippen LogP contribution in [0.2, 0.25) is 0 Å². The third kappa shape index (κ3) is 3.54. The Bertz CT molecular complexity index is 1020. The normalized spacial score (nSPS) is 14.0. The molecule has 0 saturated carbocycles. The van der Waals surface area contributed by atoms with Crippen molar-refractivity contribution >= 4 is 0 Å². The van der Waals surface area contributed by atoms with Crippen LogP contribution in [-0.4, -0.2) is 43.5 Å². The smallest absolute Gasteiger partial charge is 0.255 e. The molecule has 0 saturated heterocycles. The molecule has 138 valence electrons. The Hall–Kier alpha value is -3.20. The number of fused-ring (bicyclic) bond motifs is 1. The predicted octanol–water partition coefficient (Wildman–Crippen LogP) is 1.33. The van der Waals surface area contributed by atoms with E-state index in [1.54, 1.807) is 12.4 Å². The van der Waals surface area contributed by atoms with E-state index in [-0.39, 0.29) is 5.56 Å². The fraction of sp³-hybridized carbons (Fsp3) is 0.278. The number of nitrogens with one attached hydrogen (secondary N) is 1. The van der Waals surface area contributed by atoms with Crippen LogP contribution in [-0.2, 0) is 19.5 Å². The number of ether oxygens (including phenoxy) is 1. The second-order valence-electron chi connectivity index (χ2n) is 6.25. The second-order valence-corrected chi connectivity index (χ2v) is 6.25. The summed E-state index contributed by atoms with van der Waals surface area (Å²) in [5.41, 5.74) is 2.50. The number of pyridine rings is 1. The van der Waals surface area contributed by atoms with Gasteiger partial charge in [-0.25, -0.2) is 24.3 Å². The quantitative estimate of drug-likeness (QED) is 0.742. The topological polar surface area (TPSA) is 96.9 Å². The van der Waals surface area contributed by atoms with Gasteiger partial charge in [-0.15, -0.1) is 0 Å². The SMILES string of the molecule is COc1ncc(F)cc1CN1CCc2nc(-c3cncnc3)[nH]c(=O)c2C1. The Morgan fingerprint density at radius 2 is 2.11 bits per heavy atom. The first-order chi connectivity index (χ1) is 13.1. The van der Waals surface area contributed by atoms with Crippen LogP contribution in [0.15, 0.2) is 35.8 Å². The lowest BCUT2D eigenvalue weighted by molar-refractivity contribution is 0.236. The van der Waals surface area contributed by atoms with Crippen molar-refractivity contribution in [2.45, 2.75) is 19.5 Å². The number of halogens is 1. The Balaban J connectivity index is 1.59. The first kappa shape index (κ1) is 17.2. The van der Waals surface area contributed by atoms with Gasteiger partial charge in [-0.1, -0.05) is 0 Å². The third-order valence-electron chi connectivity index (χ3n) is 4.46. The van der Waals surface area contributed by atoms with Crippen molar-refractivity contribution in [3.05, 3.63) is 64.0 Å². The standard InChI is InChI=1S/C18H17FN6O2/c1-27-18-11(4-13(19)7-22-18)8-25-3-2-15-14(9-25)17(26)24-16(23-15)12-5-20-10-21-6-12/h4-7,10H,2-3,8-9H2,1H3,(H,23,24,26). The fourth-order valence-corrected chi connectivity index (χ4v) is 3.18. The molecule has 1 N–H and O–H groups in total. The summed E-state index contributed by atoms with van der Waals surface area (Å²) in [6.45, 7) is 1.54. The molecule has 1 aliphatic heterocycles. The molecule has 3 aromatic heterocycles. The highest BCUT2D eigenvalue weighted by Crippen LogP contribution is 2.22. The van der Waals surface area contributed by atoms with E-state index in [1.807, 2.05) is 4.90 Å². The van der Waals surface area contributed by atoms with Gasteiger partial charge in [0.15, 0.2) is 0 Å². The molecule has 1 aliphatic rings. The molecule has 3 aromatic rings. The lowest BCUT2D eigenvalue weighted by Gasteiger charge is -2.28. The zero-order chi connectivity index (χ0) is 18.8. The number of hydrogen-bond acceptors (Lipinski definition) is 7. The molecule has 0 aromatic carbocycles. The molecule has 8 nitrogen and oxygen atoms in total. The van der Waals surface area contributed by atoms with E-state index in [4.69, 9.17) is 4.74 Å². The van der Waals surface area contributed by atoms with E-state index in [0.29, 0.717) is 54.4 Å². The Labute approximate surface area is 154 Å². The van der Waals surface area contributed by atoms with E-state index in [0.717, 1.165) is 11.9 Å². The predicted molar refractivity (Wildman–Crippen MR) is 94.4 cm³/mol. The lowest BCUT2D eigenvalue weighted by atomic mass is 10.1. The number of H-pyrrole nitrogens is 1. The maximum Gasteiger partial charge on any atom is 0.255 e. The Morgan fingerprint density at radius 3 is 2.89 bits per heavy atom. The number of nitrogens with zero attached hydrogens (tertiary/aromatic N) is 5. The lowest BCUT2D eigenvalue weighted by Crippen LogP contribution is -2.35. The summed E-state index contributed by atoms with van der Waals surface area (Å²) in [5.74, 6) is 0.426. The monoisotopic (exact) mass is 368 g/mol. The van der Waals surface area contributed by atoms with Crippen LogP contribution in [0.3, 0.4) is 0 Å². The van der Waals surface area contributed by atoms with Crippen LogP contribution in [0.1, 0.15) is 16.8 Å². The number of rotatable bonds is 4. The van der Waals surface area contributed by atoms with Gasteiger partial charge in [0.05, 0.1) is 30.1 Å². The molecular weight excluding hydrogens is 351 g/mol. The summed E-state index contributed by atoms with van der Waals surface area (Å²) in [6.07, 6.45) is 6.38. The van der Waals surface area contributed by atoms with Gasteiger partial charge in [-0.2, -0.15) is 0 Å². The Kier molecular flexibility index (Phi) is 4.59. The summed E-state index contributed by atoms with van der Waals surface area (Å²) in [4.78, 5) is 33.9. The van der Waals surface area contributed by atoms with Crippen molar-refractivity contribution in [1.29, 1.82) is 0 Å². The van der Waals surface area contributed by atoms with Crippen molar-refractivity contribution in [1.82, 2.24) is 29.8 Å².